The van der Waals surface area contributed by atoms with Crippen molar-refractivity contribution in [1.82, 2.24) is 4.90 Å². The lowest BCUT2D eigenvalue weighted by atomic mass is 9.97. The van der Waals surface area contributed by atoms with Crippen molar-refractivity contribution >= 4 is 5.91 Å². The van der Waals surface area contributed by atoms with E-state index in [9.17, 15) is 9.90 Å². The van der Waals surface area contributed by atoms with Gasteiger partial charge in [-0.1, -0.05) is 30.3 Å². The van der Waals surface area contributed by atoms with Gasteiger partial charge in [-0.2, -0.15) is 0 Å². The monoisotopic (exact) mass is 262 g/mol. The number of nitrogens with zero attached hydrogens (tertiary/aromatic N) is 1. The molecule has 1 aromatic rings. The molecule has 104 valence electrons. The Bertz CT molecular complexity index is 406. The number of rotatable bonds is 4. The molecule has 0 saturated carbocycles. The SMILES string of the molecule is NCCC1CCCCN1C(=O)C(O)c1ccccc1. The summed E-state index contributed by atoms with van der Waals surface area (Å²) in [4.78, 5) is 14.2. The summed E-state index contributed by atoms with van der Waals surface area (Å²) in [5.41, 5.74) is 6.27. The first kappa shape index (κ1) is 14.0. The van der Waals surface area contributed by atoms with Gasteiger partial charge in [-0.3, -0.25) is 4.79 Å². The third-order valence-corrected chi connectivity index (χ3v) is 3.76. The molecule has 3 N–H and O–H groups in total. The van der Waals surface area contributed by atoms with Crippen molar-refractivity contribution in [3.05, 3.63) is 35.9 Å². The maximum absolute atomic E-state index is 12.4. The summed E-state index contributed by atoms with van der Waals surface area (Å²) in [6.07, 6.45) is 2.89. The van der Waals surface area contributed by atoms with E-state index in [0.29, 0.717) is 12.1 Å². The minimum Gasteiger partial charge on any atom is -0.378 e. The van der Waals surface area contributed by atoms with Crippen LogP contribution in [0.25, 0.3) is 0 Å². The van der Waals surface area contributed by atoms with E-state index in [1.807, 2.05) is 23.1 Å². The second-order valence-electron chi connectivity index (χ2n) is 5.07. The number of aliphatic hydroxyl groups excluding tert-OH is 1. The fraction of sp³-hybridized carbons (Fsp3) is 0.533. The zero-order valence-electron chi connectivity index (χ0n) is 11.2. The van der Waals surface area contributed by atoms with E-state index in [1.165, 1.54) is 0 Å². The molecule has 1 aromatic carbocycles. The molecule has 0 spiro atoms. The molecule has 0 aliphatic carbocycles. The predicted molar refractivity (Wildman–Crippen MR) is 74.4 cm³/mol. The predicted octanol–water partition coefficient (Wildman–Crippen LogP) is 1.45. The van der Waals surface area contributed by atoms with Crippen LogP contribution in [0.15, 0.2) is 30.3 Å². The van der Waals surface area contributed by atoms with Gasteiger partial charge in [-0.05, 0) is 37.8 Å². The Morgan fingerprint density at radius 2 is 2.11 bits per heavy atom. The second-order valence-corrected chi connectivity index (χ2v) is 5.07. The summed E-state index contributed by atoms with van der Waals surface area (Å²) in [6.45, 7) is 1.31. The van der Waals surface area contributed by atoms with Crippen LogP contribution in [0.1, 0.15) is 37.4 Å². The van der Waals surface area contributed by atoms with Crippen molar-refractivity contribution in [2.45, 2.75) is 37.8 Å². The van der Waals surface area contributed by atoms with Gasteiger partial charge in [0, 0.05) is 12.6 Å². The molecule has 19 heavy (non-hydrogen) atoms. The number of carbonyl (C=O) groups is 1. The molecule has 0 bridgehead atoms. The fourth-order valence-corrected chi connectivity index (χ4v) is 2.72. The third kappa shape index (κ3) is 3.33. The van der Waals surface area contributed by atoms with Crippen molar-refractivity contribution in [1.29, 1.82) is 0 Å². The van der Waals surface area contributed by atoms with Crippen LogP contribution in [0.2, 0.25) is 0 Å². The summed E-state index contributed by atoms with van der Waals surface area (Å²) >= 11 is 0. The Hall–Kier alpha value is -1.39. The van der Waals surface area contributed by atoms with Crippen LogP contribution >= 0.6 is 0 Å². The fourth-order valence-electron chi connectivity index (χ4n) is 2.72. The molecule has 2 rings (SSSR count). The van der Waals surface area contributed by atoms with Crippen LogP contribution in [0, 0.1) is 0 Å². The Labute approximate surface area is 114 Å². The Kier molecular flexibility index (Phi) is 4.93. The minimum absolute atomic E-state index is 0.185. The van der Waals surface area contributed by atoms with E-state index < -0.39 is 6.10 Å². The van der Waals surface area contributed by atoms with Gasteiger partial charge in [-0.15, -0.1) is 0 Å². The van der Waals surface area contributed by atoms with Gasteiger partial charge in [0.2, 0.25) is 0 Å². The van der Waals surface area contributed by atoms with E-state index in [-0.39, 0.29) is 11.9 Å². The van der Waals surface area contributed by atoms with Gasteiger partial charge in [-0.25, -0.2) is 0 Å². The van der Waals surface area contributed by atoms with Crippen LogP contribution in [-0.4, -0.2) is 35.0 Å². The Morgan fingerprint density at radius 1 is 1.37 bits per heavy atom. The molecule has 0 aromatic heterocycles. The Balaban J connectivity index is 2.08. The third-order valence-electron chi connectivity index (χ3n) is 3.76. The summed E-state index contributed by atoms with van der Waals surface area (Å²) in [5, 5.41) is 10.2. The molecule has 2 unspecified atom stereocenters. The van der Waals surface area contributed by atoms with Crippen LogP contribution in [0.3, 0.4) is 0 Å². The number of benzene rings is 1. The lowest BCUT2D eigenvalue weighted by molar-refractivity contribution is -0.144. The van der Waals surface area contributed by atoms with Crippen molar-refractivity contribution in [3.63, 3.8) is 0 Å². The van der Waals surface area contributed by atoms with E-state index in [1.54, 1.807) is 12.1 Å². The Morgan fingerprint density at radius 3 is 2.79 bits per heavy atom. The van der Waals surface area contributed by atoms with Gasteiger partial charge < -0.3 is 15.7 Å². The number of carbonyl (C=O) groups excluding carboxylic acids is 1. The van der Waals surface area contributed by atoms with Crippen LogP contribution < -0.4 is 5.73 Å². The maximum Gasteiger partial charge on any atom is 0.256 e. The molecule has 1 heterocycles. The molecule has 1 amide bonds. The van der Waals surface area contributed by atoms with Crippen LogP contribution in [-0.2, 0) is 4.79 Å². The number of aliphatic hydroxyl groups is 1. The molecule has 1 saturated heterocycles. The van der Waals surface area contributed by atoms with Crippen molar-refractivity contribution in [2.24, 2.45) is 5.73 Å². The van der Waals surface area contributed by atoms with Crippen LogP contribution in [0.4, 0.5) is 0 Å². The smallest absolute Gasteiger partial charge is 0.256 e. The largest absolute Gasteiger partial charge is 0.378 e. The molecule has 2 atom stereocenters. The average molecular weight is 262 g/mol. The van der Waals surface area contributed by atoms with E-state index in [4.69, 9.17) is 5.73 Å². The van der Waals surface area contributed by atoms with Gasteiger partial charge in [0.1, 0.15) is 0 Å². The molecule has 4 nitrogen and oxygen atoms in total. The summed E-state index contributed by atoms with van der Waals surface area (Å²) < 4.78 is 0. The van der Waals surface area contributed by atoms with E-state index in [0.717, 1.165) is 32.2 Å². The lowest BCUT2D eigenvalue weighted by Gasteiger charge is -2.37. The standard InChI is InChI=1S/C15H22N2O2/c16-10-9-13-8-4-5-11-17(13)15(19)14(18)12-6-2-1-3-7-12/h1-3,6-7,13-14,18H,4-5,8-11,16H2. The maximum atomic E-state index is 12.4. The number of hydrogen-bond donors (Lipinski definition) is 2. The first-order valence-corrected chi connectivity index (χ1v) is 6.97. The number of hydrogen-bond acceptors (Lipinski definition) is 3. The van der Waals surface area contributed by atoms with Gasteiger partial charge in [0.25, 0.3) is 5.91 Å². The highest BCUT2D eigenvalue weighted by molar-refractivity contribution is 5.82. The summed E-state index contributed by atoms with van der Waals surface area (Å²) in [7, 11) is 0. The average Bonchev–Trinajstić information content (AvgIpc) is 2.47. The normalized spacial score (nSPS) is 21.2. The highest BCUT2D eigenvalue weighted by Gasteiger charge is 2.30. The topological polar surface area (TPSA) is 66.6 Å². The highest BCUT2D eigenvalue weighted by atomic mass is 16.3. The van der Waals surface area contributed by atoms with Crippen molar-refractivity contribution in [2.75, 3.05) is 13.1 Å². The molecule has 1 aliphatic heterocycles. The number of likely N-dealkylation sites (tertiary alicyclic amines) is 1. The lowest BCUT2D eigenvalue weighted by Crippen LogP contribution is -2.46. The molecule has 1 aliphatic rings. The second kappa shape index (κ2) is 6.68. The van der Waals surface area contributed by atoms with E-state index >= 15 is 0 Å². The van der Waals surface area contributed by atoms with Gasteiger partial charge in [0.05, 0.1) is 0 Å². The zero-order chi connectivity index (χ0) is 13.7. The molecule has 4 heteroatoms. The first-order valence-electron chi connectivity index (χ1n) is 6.97. The quantitative estimate of drug-likeness (QED) is 0.863. The summed E-state index contributed by atoms with van der Waals surface area (Å²) in [6, 6.07) is 9.29. The number of piperidine rings is 1. The van der Waals surface area contributed by atoms with Crippen molar-refractivity contribution < 1.29 is 9.90 Å². The van der Waals surface area contributed by atoms with Gasteiger partial charge >= 0.3 is 0 Å². The minimum atomic E-state index is -1.06. The molecule has 0 radical (unpaired) electrons. The van der Waals surface area contributed by atoms with Crippen molar-refractivity contribution in [3.8, 4) is 0 Å². The molecular weight excluding hydrogens is 240 g/mol. The number of nitrogens with two attached hydrogens (primary N) is 1. The van der Waals surface area contributed by atoms with Crippen LogP contribution in [0.5, 0.6) is 0 Å². The zero-order valence-corrected chi connectivity index (χ0v) is 11.2. The first-order chi connectivity index (χ1) is 9.24. The molecular formula is C15H22N2O2. The molecule has 1 fully saturated rings. The summed E-state index contributed by atoms with van der Waals surface area (Å²) in [5.74, 6) is -0.190. The highest BCUT2D eigenvalue weighted by Crippen LogP contribution is 2.24. The van der Waals surface area contributed by atoms with Gasteiger partial charge in [0.15, 0.2) is 6.10 Å². The van der Waals surface area contributed by atoms with E-state index in [2.05, 4.69) is 0 Å². The number of amides is 1.